The van der Waals surface area contributed by atoms with Gasteiger partial charge in [0, 0.05) is 12.7 Å². The van der Waals surface area contributed by atoms with E-state index in [1.165, 1.54) is 12.3 Å². The van der Waals surface area contributed by atoms with E-state index in [2.05, 4.69) is 4.98 Å². The highest BCUT2D eigenvalue weighted by Gasteiger charge is 2.20. The number of anilines is 2. The summed E-state index contributed by atoms with van der Waals surface area (Å²) in [5.74, 6) is -0.356. The highest BCUT2D eigenvalue weighted by atomic mass is 16.5. The Balaban J connectivity index is 3.16. The monoisotopic (exact) mass is 294 g/mol. The number of nitrogens with zero attached hydrogens (tertiary/aromatic N) is 2. The van der Waals surface area contributed by atoms with Gasteiger partial charge in [-0.3, -0.25) is 4.79 Å². The van der Waals surface area contributed by atoms with Gasteiger partial charge in [0.05, 0.1) is 24.4 Å². The number of hydrogen-bond donors (Lipinski definition) is 2. The zero-order valence-corrected chi connectivity index (χ0v) is 12.6. The Morgan fingerprint density at radius 2 is 2.10 bits per heavy atom. The maximum Gasteiger partial charge on any atom is 0.340 e. The van der Waals surface area contributed by atoms with Crippen LogP contribution in [0.4, 0.5) is 11.5 Å². The number of aromatic nitrogens is 1. The Kier molecular flexibility index (Phi) is 5.95. The predicted molar refractivity (Wildman–Crippen MR) is 80.9 cm³/mol. The molecule has 4 N–H and O–H groups in total. The standard InChI is InChI=1S/C14H22N4O3/c1-4-21-14(20)10-5-6-17-13(12(10)16)18(7-9(2)3)8-11(15)19/h5-6,9H,4,7-8,16H2,1-3H3,(H2,15,19). The highest BCUT2D eigenvalue weighted by molar-refractivity contribution is 5.98. The first-order valence-corrected chi connectivity index (χ1v) is 6.81. The van der Waals surface area contributed by atoms with Gasteiger partial charge in [-0.25, -0.2) is 9.78 Å². The number of ether oxygens (including phenoxy) is 1. The Labute approximate surface area is 124 Å². The molecule has 0 saturated carbocycles. The molecule has 7 heteroatoms. The van der Waals surface area contributed by atoms with Gasteiger partial charge in [-0.15, -0.1) is 0 Å². The van der Waals surface area contributed by atoms with Crippen molar-refractivity contribution in [3.8, 4) is 0 Å². The zero-order chi connectivity index (χ0) is 16.0. The first-order valence-electron chi connectivity index (χ1n) is 6.81. The van der Waals surface area contributed by atoms with Crippen LogP contribution in [0.5, 0.6) is 0 Å². The SMILES string of the molecule is CCOC(=O)c1ccnc(N(CC(N)=O)CC(C)C)c1N. The minimum Gasteiger partial charge on any atom is -0.462 e. The van der Waals surface area contributed by atoms with Crippen LogP contribution in [-0.4, -0.2) is 36.6 Å². The molecule has 21 heavy (non-hydrogen) atoms. The average Bonchev–Trinajstić information content (AvgIpc) is 2.37. The van der Waals surface area contributed by atoms with Gasteiger partial charge in [0.25, 0.3) is 0 Å². The molecule has 1 aromatic heterocycles. The summed E-state index contributed by atoms with van der Waals surface area (Å²) in [6, 6.07) is 1.49. The number of hydrogen-bond acceptors (Lipinski definition) is 6. The van der Waals surface area contributed by atoms with E-state index in [4.69, 9.17) is 16.2 Å². The minimum absolute atomic E-state index is 0.0122. The molecule has 0 aliphatic heterocycles. The molecular weight excluding hydrogens is 272 g/mol. The van der Waals surface area contributed by atoms with Gasteiger partial charge in [0.1, 0.15) is 0 Å². The van der Waals surface area contributed by atoms with E-state index in [1.807, 2.05) is 13.8 Å². The minimum atomic E-state index is -0.512. The maximum atomic E-state index is 11.8. The Bertz CT molecular complexity index is 517. The van der Waals surface area contributed by atoms with Crippen LogP contribution in [0, 0.1) is 5.92 Å². The molecule has 1 amide bonds. The lowest BCUT2D eigenvalue weighted by Gasteiger charge is -2.25. The molecule has 1 rings (SSSR count). The first-order chi connectivity index (χ1) is 9.86. The summed E-state index contributed by atoms with van der Waals surface area (Å²) in [6.07, 6.45) is 1.46. The highest BCUT2D eigenvalue weighted by Crippen LogP contribution is 2.25. The second-order valence-electron chi connectivity index (χ2n) is 5.06. The number of nitrogen functional groups attached to an aromatic ring is 1. The topological polar surface area (TPSA) is 112 Å². The van der Waals surface area contributed by atoms with E-state index < -0.39 is 11.9 Å². The van der Waals surface area contributed by atoms with Crippen LogP contribution < -0.4 is 16.4 Å². The molecule has 0 radical (unpaired) electrons. The fourth-order valence-corrected chi connectivity index (χ4v) is 1.96. The van der Waals surface area contributed by atoms with Crippen LogP contribution in [0.1, 0.15) is 31.1 Å². The number of nitrogens with two attached hydrogens (primary N) is 2. The largest absolute Gasteiger partial charge is 0.462 e. The molecule has 0 aliphatic rings. The predicted octanol–water partition coefficient (Wildman–Crippen LogP) is 0.788. The van der Waals surface area contributed by atoms with Crippen molar-refractivity contribution in [3.05, 3.63) is 17.8 Å². The van der Waals surface area contributed by atoms with Crippen LogP contribution in [0.25, 0.3) is 0 Å². The van der Waals surface area contributed by atoms with Crippen molar-refractivity contribution in [1.29, 1.82) is 0 Å². The number of carbonyl (C=O) groups excluding carboxylic acids is 2. The van der Waals surface area contributed by atoms with Crippen molar-refractivity contribution in [2.75, 3.05) is 30.3 Å². The fraction of sp³-hybridized carbons (Fsp3) is 0.500. The van der Waals surface area contributed by atoms with E-state index in [0.29, 0.717) is 12.4 Å². The Morgan fingerprint density at radius 1 is 1.43 bits per heavy atom. The van der Waals surface area contributed by atoms with Crippen molar-refractivity contribution >= 4 is 23.4 Å². The molecule has 0 bridgehead atoms. The molecule has 0 unspecified atom stereocenters. The first kappa shape index (κ1) is 16.7. The van der Waals surface area contributed by atoms with Crippen LogP contribution in [0.2, 0.25) is 0 Å². The summed E-state index contributed by atoms with van der Waals surface area (Å²) in [4.78, 5) is 28.9. The summed E-state index contributed by atoms with van der Waals surface area (Å²) in [5, 5.41) is 0. The molecule has 1 aromatic rings. The number of primary amides is 1. The summed E-state index contributed by atoms with van der Waals surface area (Å²) in [6.45, 7) is 6.51. The number of amides is 1. The third kappa shape index (κ3) is 4.62. The normalized spacial score (nSPS) is 10.5. The van der Waals surface area contributed by atoms with Crippen LogP contribution >= 0.6 is 0 Å². The maximum absolute atomic E-state index is 11.8. The van der Waals surface area contributed by atoms with Gasteiger partial charge in [-0.1, -0.05) is 13.8 Å². The molecule has 0 fully saturated rings. The van der Waals surface area contributed by atoms with Gasteiger partial charge in [0.15, 0.2) is 5.82 Å². The Hall–Kier alpha value is -2.31. The number of rotatable bonds is 7. The molecule has 0 aromatic carbocycles. The second kappa shape index (κ2) is 7.47. The molecule has 0 aliphatic carbocycles. The molecule has 0 atom stereocenters. The zero-order valence-electron chi connectivity index (χ0n) is 12.6. The average molecular weight is 294 g/mol. The lowest BCUT2D eigenvalue weighted by Crippen LogP contribution is -2.37. The number of pyridine rings is 1. The molecule has 1 heterocycles. The van der Waals surface area contributed by atoms with Gasteiger partial charge in [-0.2, -0.15) is 0 Å². The van der Waals surface area contributed by atoms with Crippen LogP contribution in [0.3, 0.4) is 0 Å². The smallest absolute Gasteiger partial charge is 0.340 e. The molecule has 0 spiro atoms. The van der Waals surface area contributed by atoms with Gasteiger partial charge in [0.2, 0.25) is 5.91 Å². The van der Waals surface area contributed by atoms with E-state index in [-0.39, 0.29) is 30.3 Å². The van der Waals surface area contributed by atoms with Gasteiger partial charge < -0.3 is 21.1 Å². The van der Waals surface area contributed by atoms with Crippen molar-refractivity contribution in [3.63, 3.8) is 0 Å². The molecular formula is C14H22N4O3. The molecule has 7 nitrogen and oxygen atoms in total. The fourth-order valence-electron chi connectivity index (χ4n) is 1.96. The lowest BCUT2D eigenvalue weighted by atomic mass is 10.1. The third-order valence-corrected chi connectivity index (χ3v) is 2.70. The quantitative estimate of drug-likeness (QED) is 0.719. The summed E-state index contributed by atoms with van der Waals surface area (Å²) in [5.41, 5.74) is 11.7. The van der Waals surface area contributed by atoms with E-state index in [1.54, 1.807) is 11.8 Å². The number of carbonyl (C=O) groups is 2. The second-order valence-corrected chi connectivity index (χ2v) is 5.06. The number of esters is 1. The van der Waals surface area contributed by atoms with Crippen molar-refractivity contribution in [2.45, 2.75) is 20.8 Å². The van der Waals surface area contributed by atoms with Crippen LogP contribution in [0.15, 0.2) is 12.3 Å². The van der Waals surface area contributed by atoms with E-state index in [0.717, 1.165) is 0 Å². The third-order valence-electron chi connectivity index (χ3n) is 2.70. The van der Waals surface area contributed by atoms with Crippen molar-refractivity contribution in [2.24, 2.45) is 11.7 Å². The Morgan fingerprint density at radius 3 is 2.62 bits per heavy atom. The molecule has 116 valence electrons. The van der Waals surface area contributed by atoms with Gasteiger partial charge in [-0.05, 0) is 18.9 Å². The van der Waals surface area contributed by atoms with Gasteiger partial charge >= 0.3 is 5.97 Å². The lowest BCUT2D eigenvalue weighted by molar-refractivity contribution is -0.116. The van der Waals surface area contributed by atoms with E-state index in [9.17, 15) is 9.59 Å². The van der Waals surface area contributed by atoms with Crippen molar-refractivity contribution in [1.82, 2.24) is 4.98 Å². The summed E-state index contributed by atoms with van der Waals surface area (Å²) in [7, 11) is 0. The van der Waals surface area contributed by atoms with Crippen LogP contribution in [-0.2, 0) is 9.53 Å². The van der Waals surface area contributed by atoms with E-state index >= 15 is 0 Å². The van der Waals surface area contributed by atoms with Crippen molar-refractivity contribution < 1.29 is 14.3 Å². The summed E-state index contributed by atoms with van der Waals surface area (Å²) < 4.78 is 4.95. The summed E-state index contributed by atoms with van der Waals surface area (Å²) >= 11 is 0. The molecule has 0 saturated heterocycles.